The molecule has 0 fully saturated rings. The van der Waals surface area contributed by atoms with Crippen LogP contribution in [0.3, 0.4) is 0 Å². The first-order valence-electron chi connectivity index (χ1n) is 7.17. The van der Waals surface area contributed by atoms with E-state index in [4.69, 9.17) is 16.1 Å². The van der Waals surface area contributed by atoms with Crippen molar-refractivity contribution in [3.8, 4) is 11.4 Å². The molecule has 0 bridgehead atoms. The van der Waals surface area contributed by atoms with E-state index in [0.717, 1.165) is 8.78 Å². The number of benzene rings is 2. The zero-order chi connectivity index (χ0) is 18.0. The maximum atomic E-state index is 12.6. The molecule has 0 amide bonds. The van der Waals surface area contributed by atoms with Gasteiger partial charge in [-0.15, -0.1) is 0 Å². The number of nitrogens with zero attached hydrogens (tertiary/aromatic N) is 3. The lowest BCUT2D eigenvalue weighted by Gasteiger charge is -2.15. The first-order chi connectivity index (χ1) is 11.9. The van der Waals surface area contributed by atoms with Crippen LogP contribution in [0.4, 0.5) is 0 Å². The number of rotatable bonds is 5. The van der Waals surface area contributed by atoms with E-state index in [1.807, 2.05) is 0 Å². The van der Waals surface area contributed by atoms with Crippen molar-refractivity contribution in [1.82, 2.24) is 14.4 Å². The lowest BCUT2D eigenvalue weighted by Crippen LogP contribution is -2.26. The Bertz CT molecular complexity index is 990. The topological polar surface area (TPSA) is 76.3 Å². The summed E-state index contributed by atoms with van der Waals surface area (Å²) in [6, 6.07) is 13.5. The quantitative estimate of drug-likeness (QED) is 0.597. The number of halogens is 2. The van der Waals surface area contributed by atoms with E-state index in [1.54, 1.807) is 36.4 Å². The standard InChI is InChI=1S/C16H13BrClN3O3S/c1-21(25(22,23)12-8-6-11(17)7-9-12)10-15-19-16(20-24-15)13-4-2-3-5-14(13)18/h2-9H,10H2,1H3. The Morgan fingerprint density at radius 2 is 1.84 bits per heavy atom. The van der Waals surface area contributed by atoms with Crippen LogP contribution in [0.25, 0.3) is 11.4 Å². The lowest BCUT2D eigenvalue weighted by atomic mass is 10.2. The van der Waals surface area contributed by atoms with E-state index in [2.05, 4.69) is 26.1 Å². The van der Waals surface area contributed by atoms with Crippen LogP contribution in [0, 0.1) is 0 Å². The molecule has 3 rings (SSSR count). The summed E-state index contributed by atoms with van der Waals surface area (Å²) in [7, 11) is -2.20. The fourth-order valence-electron chi connectivity index (χ4n) is 2.13. The van der Waals surface area contributed by atoms with Crippen molar-refractivity contribution >= 4 is 37.6 Å². The zero-order valence-corrected chi connectivity index (χ0v) is 16.2. The zero-order valence-electron chi connectivity index (χ0n) is 13.1. The molecule has 9 heteroatoms. The van der Waals surface area contributed by atoms with Crippen LogP contribution in [0.2, 0.25) is 5.02 Å². The molecule has 1 heterocycles. The Morgan fingerprint density at radius 1 is 1.16 bits per heavy atom. The van der Waals surface area contributed by atoms with Crippen molar-refractivity contribution in [3.05, 3.63) is 63.9 Å². The third-order valence-electron chi connectivity index (χ3n) is 3.46. The van der Waals surface area contributed by atoms with E-state index in [0.29, 0.717) is 16.4 Å². The lowest BCUT2D eigenvalue weighted by molar-refractivity contribution is 0.337. The number of hydrogen-bond acceptors (Lipinski definition) is 5. The Balaban J connectivity index is 1.81. The van der Waals surface area contributed by atoms with Gasteiger partial charge in [0.05, 0.1) is 16.5 Å². The molecule has 0 N–H and O–H groups in total. The molecule has 0 spiro atoms. The minimum atomic E-state index is -3.66. The summed E-state index contributed by atoms with van der Waals surface area (Å²) in [6.45, 7) is -0.0458. The average molecular weight is 443 g/mol. The van der Waals surface area contributed by atoms with Gasteiger partial charge >= 0.3 is 0 Å². The number of sulfonamides is 1. The van der Waals surface area contributed by atoms with E-state index < -0.39 is 10.0 Å². The highest BCUT2D eigenvalue weighted by Crippen LogP contribution is 2.25. The molecule has 0 aliphatic carbocycles. The van der Waals surface area contributed by atoms with E-state index in [9.17, 15) is 8.42 Å². The van der Waals surface area contributed by atoms with Gasteiger partial charge in [0.25, 0.3) is 0 Å². The van der Waals surface area contributed by atoms with E-state index >= 15 is 0 Å². The largest absolute Gasteiger partial charge is 0.338 e. The van der Waals surface area contributed by atoms with Gasteiger partial charge in [-0.25, -0.2) is 8.42 Å². The van der Waals surface area contributed by atoms with Crippen molar-refractivity contribution in [2.45, 2.75) is 11.4 Å². The number of hydrogen-bond donors (Lipinski definition) is 0. The Kier molecular flexibility index (Phi) is 5.24. The highest BCUT2D eigenvalue weighted by atomic mass is 79.9. The van der Waals surface area contributed by atoms with Crippen LogP contribution in [0.5, 0.6) is 0 Å². The average Bonchev–Trinajstić information content (AvgIpc) is 3.04. The Labute approximate surface area is 158 Å². The number of aromatic nitrogens is 2. The van der Waals surface area contributed by atoms with Gasteiger partial charge in [0.1, 0.15) is 0 Å². The SMILES string of the molecule is CN(Cc1nc(-c2ccccc2Cl)no1)S(=O)(=O)c1ccc(Br)cc1. The fraction of sp³-hybridized carbons (Fsp3) is 0.125. The summed E-state index contributed by atoms with van der Waals surface area (Å²) < 4.78 is 32.3. The summed E-state index contributed by atoms with van der Waals surface area (Å²) in [5.41, 5.74) is 0.623. The summed E-state index contributed by atoms with van der Waals surface area (Å²) in [5, 5.41) is 4.36. The van der Waals surface area contributed by atoms with Crippen LogP contribution < -0.4 is 0 Å². The molecule has 130 valence electrons. The van der Waals surface area contributed by atoms with Gasteiger partial charge < -0.3 is 4.52 Å². The first kappa shape index (κ1) is 18.1. The van der Waals surface area contributed by atoms with Crippen LogP contribution in [0.1, 0.15) is 5.89 Å². The normalized spacial score (nSPS) is 11.8. The second-order valence-electron chi connectivity index (χ2n) is 5.21. The summed E-state index contributed by atoms with van der Waals surface area (Å²) in [6.07, 6.45) is 0. The van der Waals surface area contributed by atoms with Crippen LogP contribution in [0.15, 0.2) is 62.4 Å². The molecule has 0 aliphatic rings. The maximum Gasteiger partial charge on any atom is 0.243 e. The minimum Gasteiger partial charge on any atom is -0.338 e. The predicted octanol–water partition coefficient (Wildman–Crippen LogP) is 3.97. The third-order valence-corrected chi connectivity index (χ3v) is 6.14. The molecule has 3 aromatic rings. The van der Waals surface area contributed by atoms with Crippen molar-refractivity contribution < 1.29 is 12.9 Å². The second kappa shape index (κ2) is 7.25. The van der Waals surface area contributed by atoms with Gasteiger partial charge in [-0.05, 0) is 36.4 Å². The summed E-state index contributed by atoms with van der Waals surface area (Å²) in [4.78, 5) is 4.41. The minimum absolute atomic E-state index is 0.0458. The monoisotopic (exact) mass is 441 g/mol. The smallest absolute Gasteiger partial charge is 0.243 e. The molecule has 0 radical (unpaired) electrons. The molecule has 0 saturated heterocycles. The molecular weight excluding hydrogens is 430 g/mol. The maximum absolute atomic E-state index is 12.6. The molecule has 6 nitrogen and oxygen atoms in total. The van der Waals surface area contributed by atoms with Crippen LogP contribution in [-0.2, 0) is 16.6 Å². The van der Waals surface area contributed by atoms with Crippen molar-refractivity contribution in [2.24, 2.45) is 0 Å². The fourth-order valence-corrected chi connectivity index (χ4v) is 3.74. The van der Waals surface area contributed by atoms with Crippen LogP contribution in [-0.4, -0.2) is 29.9 Å². The van der Waals surface area contributed by atoms with Crippen molar-refractivity contribution in [1.29, 1.82) is 0 Å². The molecule has 0 aliphatic heterocycles. The molecule has 25 heavy (non-hydrogen) atoms. The third kappa shape index (κ3) is 3.92. The highest BCUT2D eigenvalue weighted by molar-refractivity contribution is 9.10. The van der Waals surface area contributed by atoms with Crippen molar-refractivity contribution in [3.63, 3.8) is 0 Å². The first-order valence-corrected chi connectivity index (χ1v) is 9.78. The summed E-state index contributed by atoms with van der Waals surface area (Å²) in [5.74, 6) is 0.494. The van der Waals surface area contributed by atoms with Gasteiger partial charge in [0, 0.05) is 17.1 Å². The Morgan fingerprint density at radius 3 is 2.52 bits per heavy atom. The van der Waals surface area contributed by atoms with E-state index in [-0.39, 0.29) is 17.3 Å². The molecular formula is C16H13BrClN3O3S. The molecule has 0 unspecified atom stereocenters. The summed E-state index contributed by atoms with van der Waals surface area (Å²) >= 11 is 9.39. The van der Waals surface area contributed by atoms with Crippen molar-refractivity contribution in [2.75, 3.05) is 7.05 Å². The molecule has 0 atom stereocenters. The van der Waals surface area contributed by atoms with E-state index in [1.165, 1.54) is 19.2 Å². The van der Waals surface area contributed by atoms with Gasteiger partial charge in [-0.2, -0.15) is 9.29 Å². The van der Waals surface area contributed by atoms with Gasteiger partial charge in [0.15, 0.2) is 0 Å². The van der Waals surface area contributed by atoms with Crippen LogP contribution >= 0.6 is 27.5 Å². The van der Waals surface area contributed by atoms with Gasteiger partial charge in [0.2, 0.25) is 21.7 Å². The predicted molar refractivity (Wildman–Crippen MR) is 97.5 cm³/mol. The molecule has 0 saturated carbocycles. The second-order valence-corrected chi connectivity index (χ2v) is 8.57. The molecule has 1 aromatic heterocycles. The van der Waals surface area contributed by atoms with Gasteiger partial charge in [-0.3, -0.25) is 0 Å². The highest BCUT2D eigenvalue weighted by Gasteiger charge is 2.23. The molecule has 2 aromatic carbocycles. The Hall–Kier alpha value is -1.74. The van der Waals surface area contributed by atoms with Gasteiger partial charge in [-0.1, -0.05) is 44.8 Å².